The minimum atomic E-state index is -3.26. The first kappa shape index (κ1) is 81.0. The maximum atomic E-state index is 13.1. The molecule has 0 aromatic rings. The van der Waals surface area contributed by atoms with E-state index in [1.165, 1.54) is 0 Å². The summed E-state index contributed by atoms with van der Waals surface area (Å²) in [5, 5.41) is 248. The summed E-state index contributed by atoms with van der Waals surface area (Å²) in [5.41, 5.74) is 0. The van der Waals surface area contributed by atoms with E-state index in [9.17, 15) is 136 Å². The van der Waals surface area contributed by atoms with E-state index in [2.05, 4.69) is 21.3 Å². The smallest absolute Gasteiger partial charge is 0.364 e. The SMILES string of the molecule is CC(=O)N[C@H]1[C@H](O[C@H]2[C@@H](O)[C@@H](CO)O[C@@H](O[C@H]3[C@H](O)[C@@H](NC(C)=O)[C@H](OC[C@@H](O)[C@H](O)[C@H](O[C@@H]4O[C@H](CO)[C@H](O)[C@H](O[C@]5(C(=O)O)C[C@H](O)[C@@H](NC(C)=O)[C@H]([C@H](O)[C@H](O)CO)O5)[C@H]4O)[C@H](CO)NC(C)=O)O[C@@H]3CO)[C@@H]2O)O[C@H](CO)[C@@H](O[C@@H]2O[C@H](CO)[C@H](O)[C@H](O)[C@H]2O)[C@@H]1O. The highest BCUT2D eigenvalue weighted by Crippen LogP contribution is 2.40. The maximum absolute atomic E-state index is 13.1. The van der Waals surface area contributed by atoms with E-state index in [4.69, 9.17) is 56.8 Å². The standard InChI is InChI=1S/C53H90N4O39/c1-14(65)54-18(6-58)41(91-51-40(82)46(34(76)24(10-62)88-51)96-53(52(83)84)5-19(69)27(55-15(2)66)44(95-53)30(72)20(70)7-59)31(73)21(71)13-85-47-28(56-16(3)67)35(77)42(25(11-63)89-47)93-50-39(81)45(33(75)23(9-61)87-50)94-48-29(57-17(4)68)36(78)43(26(12-64)90-48)92-49-38(80)37(79)32(74)22(8-60)86-49/h18-51,58-64,69-82H,5-13H2,1-4H3,(H,54,65)(H,55,66)(H,56,67)(H,57,68)(H,83,84)/t18-,19-,20+,21+,22+,23+,24+,25+,26+,27+,28+,29+,30+,31-,32-,33-,34-,35+,36+,37-,38+,39+,40+,41+,42+,43+,44+,45-,46-,47+,48-,49-,50-,51-,53-/m0/s1. The molecule has 6 aliphatic heterocycles. The van der Waals surface area contributed by atoms with Crippen molar-refractivity contribution in [1.29, 1.82) is 0 Å². The lowest BCUT2D eigenvalue weighted by molar-refractivity contribution is -0.378. The number of nitrogens with one attached hydrogen (secondary N) is 4. The second-order valence-corrected chi connectivity index (χ2v) is 23.7. The Balaban J connectivity index is 1.21. The van der Waals surface area contributed by atoms with Gasteiger partial charge in [0.05, 0.1) is 71.0 Å². The molecule has 43 nitrogen and oxygen atoms in total. The van der Waals surface area contributed by atoms with E-state index in [1.54, 1.807) is 0 Å². The molecule has 96 heavy (non-hydrogen) atoms. The molecule has 35 atom stereocenters. The number of aliphatic carboxylic acids is 1. The molecule has 6 saturated heterocycles. The number of hydrogen-bond donors (Lipinski definition) is 26. The van der Waals surface area contributed by atoms with Crippen LogP contribution in [0.25, 0.3) is 0 Å². The Kier molecular flexibility index (Phi) is 30.0. The molecule has 43 heteroatoms. The Bertz CT molecular complexity index is 2490. The first-order valence-corrected chi connectivity index (χ1v) is 30.2. The zero-order valence-electron chi connectivity index (χ0n) is 51.8. The Morgan fingerprint density at radius 1 is 0.469 bits per heavy atom. The van der Waals surface area contributed by atoms with Crippen LogP contribution >= 0.6 is 0 Å². The molecule has 0 aromatic carbocycles. The second kappa shape index (κ2) is 35.6. The normalized spacial score (nSPS) is 42.6. The molecule has 0 unspecified atom stereocenters. The number of hydrogen-bond acceptors (Lipinski definition) is 38. The number of carboxylic acid groups (broad SMARTS) is 1. The van der Waals surface area contributed by atoms with Crippen molar-refractivity contribution in [3.63, 3.8) is 0 Å². The molecule has 0 bridgehead atoms. The lowest BCUT2D eigenvalue weighted by Crippen LogP contribution is -2.70. The van der Waals surface area contributed by atoms with Crippen molar-refractivity contribution in [3.05, 3.63) is 0 Å². The number of carbonyl (C=O) groups is 5. The van der Waals surface area contributed by atoms with Gasteiger partial charge in [0, 0.05) is 34.1 Å². The highest BCUT2D eigenvalue weighted by Gasteiger charge is 2.61. The summed E-state index contributed by atoms with van der Waals surface area (Å²) in [7, 11) is 0. The Hall–Kier alpha value is -3.97. The molecule has 6 fully saturated rings. The van der Waals surface area contributed by atoms with Crippen molar-refractivity contribution in [1.82, 2.24) is 21.3 Å². The monoisotopic (exact) mass is 1410 g/mol. The number of aliphatic hydroxyl groups is 21. The van der Waals surface area contributed by atoms with Gasteiger partial charge in [-0.15, -0.1) is 0 Å². The molecule has 6 heterocycles. The summed E-state index contributed by atoms with van der Waals surface area (Å²) >= 11 is 0. The predicted molar refractivity (Wildman–Crippen MR) is 298 cm³/mol. The van der Waals surface area contributed by atoms with Gasteiger partial charge in [0.1, 0.15) is 159 Å². The topological polar surface area (TPSA) is 689 Å². The molecule has 0 radical (unpaired) electrons. The van der Waals surface area contributed by atoms with E-state index in [-0.39, 0.29) is 0 Å². The quantitative estimate of drug-likeness (QED) is 0.0318. The van der Waals surface area contributed by atoms with Gasteiger partial charge in [0.2, 0.25) is 23.6 Å². The highest BCUT2D eigenvalue weighted by molar-refractivity contribution is 5.77. The maximum Gasteiger partial charge on any atom is 0.364 e. The van der Waals surface area contributed by atoms with Gasteiger partial charge in [0.25, 0.3) is 5.79 Å². The van der Waals surface area contributed by atoms with Gasteiger partial charge >= 0.3 is 5.97 Å². The predicted octanol–water partition coefficient (Wildman–Crippen LogP) is -16.9. The summed E-state index contributed by atoms with van der Waals surface area (Å²) < 4.78 is 68.8. The molecule has 26 N–H and O–H groups in total. The van der Waals surface area contributed by atoms with Gasteiger partial charge in [-0.2, -0.15) is 0 Å². The summed E-state index contributed by atoms with van der Waals surface area (Å²) in [5.74, 6) is -8.96. The van der Waals surface area contributed by atoms with Gasteiger partial charge in [-0.25, -0.2) is 4.79 Å². The van der Waals surface area contributed by atoms with Gasteiger partial charge in [-0.1, -0.05) is 0 Å². The number of ether oxygens (including phenoxy) is 12. The molecule has 0 aromatic heterocycles. The largest absolute Gasteiger partial charge is 0.477 e. The van der Waals surface area contributed by atoms with E-state index in [1.807, 2.05) is 0 Å². The van der Waals surface area contributed by atoms with Crippen LogP contribution in [-0.4, -0.2) is 409 Å². The summed E-state index contributed by atoms with van der Waals surface area (Å²) in [4.78, 5) is 62.9. The van der Waals surface area contributed by atoms with Crippen LogP contribution in [0, 0.1) is 0 Å². The zero-order valence-corrected chi connectivity index (χ0v) is 51.8. The van der Waals surface area contributed by atoms with Crippen molar-refractivity contribution in [3.8, 4) is 0 Å². The van der Waals surface area contributed by atoms with Crippen LogP contribution < -0.4 is 21.3 Å². The van der Waals surface area contributed by atoms with Gasteiger partial charge in [0.15, 0.2) is 31.5 Å². The van der Waals surface area contributed by atoms with E-state index in [0.717, 1.165) is 27.7 Å². The summed E-state index contributed by atoms with van der Waals surface area (Å²) in [6, 6.07) is -7.18. The van der Waals surface area contributed by atoms with Gasteiger partial charge in [-0.05, 0) is 0 Å². The third-order valence-corrected chi connectivity index (χ3v) is 16.8. The number of carboxylic acids is 1. The molecule has 4 amide bonds. The second-order valence-electron chi connectivity index (χ2n) is 23.7. The minimum Gasteiger partial charge on any atom is -0.477 e. The lowest BCUT2D eigenvalue weighted by Gasteiger charge is -2.50. The molecule has 0 saturated carbocycles. The minimum absolute atomic E-state index is 0.855. The Morgan fingerprint density at radius 3 is 1.39 bits per heavy atom. The molecular weight excluding hydrogens is 1320 g/mol. The van der Waals surface area contributed by atoms with Crippen molar-refractivity contribution >= 4 is 29.6 Å². The number of rotatable bonds is 30. The molecule has 0 spiro atoms. The van der Waals surface area contributed by atoms with E-state index in [0.29, 0.717) is 0 Å². The lowest BCUT2D eigenvalue weighted by atomic mass is 9.88. The van der Waals surface area contributed by atoms with Crippen molar-refractivity contribution < 1.29 is 193 Å². The zero-order chi connectivity index (χ0) is 71.7. The number of amides is 4. The Morgan fingerprint density at radius 2 is 0.906 bits per heavy atom. The van der Waals surface area contributed by atoms with Gasteiger partial charge < -0.3 is 190 Å². The highest BCUT2D eigenvalue weighted by atomic mass is 16.8. The van der Waals surface area contributed by atoms with Crippen molar-refractivity contribution in [2.75, 3.05) is 52.9 Å². The van der Waals surface area contributed by atoms with E-state index < -0.39 is 303 Å². The van der Waals surface area contributed by atoms with E-state index >= 15 is 0 Å². The molecule has 6 rings (SSSR count). The van der Waals surface area contributed by atoms with Crippen molar-refractivity contribution in [2.45, 2.75) is 248 Å². The van der Waals surface area contributed by atoms with Crippen molar-refractivity contribution in [2.24, 2.45) is 0 Å². The molecule has 0 aliphatic carbocycles. The van der Waals surface area contributed by atoms with Crippen LogP contribution in [0.1, 0.15) is 34.1 Å². The average molecular weight is 1410 g/mol. The fourth-order valence-electron chi connectivity index (χ4n) is 11.8. The van der Waals surface area contributed by atoms with Crippen LogP contribution in [0.3, 0.4) is 0 Å². The third-order valence-electron chi connectivity index (χ3n) is 16.8. The summed E-state index contributed by atoms with van der Waals surface area (Å²) in [6.07, 6.45) is -63.4. The first-order chi connectivity index (χ1) is 45.2. The summed E-state index contributed by atoms with van der Waals surface area (Å²) in [6.45, 7) is -5.03. The van der Waals surface area contributed by atoms with Gasteiger partial charge in [-0.3, -0.25) is 19.2 Å². The fraction of sp³-hybridized carbons (Fsp3) is 0.906. The van der Waals surface area contributed by atoms with Crippen LogP contribution in [-0.2, 0) is 80.8 Å². The number of aliphatic hydroxyl groups excluding tert-OH is 21. The number of carbonyl (C=O) groups excluding carboxylic acids is 4. The first-order valence-electron chi connectivity index (χ1n) is 30.2. The Labute approximate surface area is 544 Å². The van der Waals surface area contributed by atoms with Crippen LogP contribution in [0.5, 0.6) is 0 Å². The average Bonchev–Trinajstić information content (AvgIpc) is 0.764. The van der Waals surface area contributed by atoms with Crippen LogP contribution in [0.4, 0.5) is 0 Å². The van der Waals surface area contributed by atoms with Crippen LogP contribution in [0.2, 0.25) is 0 Å². The molecular formula is C53H90N4O39. The third kappa shape index (κ3) is 18.6. The molecule has 6 aliphatic rings. The van der Waals surface area contributed by atoms with Crippen LogP contribution in [0.15, 0.2) is 0 Å². The fourth-order valence-corrected chi connectivity index (χ4v) is 11.8. The molecule has 556 valence electrons.